The van der Waals surface area contributed by atoms with Gasteiger partial charge in [0.05, 0.1) is 18.2 Å². The topological polar surface area (TPSA) is 62.7 Å². The number of rotatable bonds is 4. The number of likely N-dealkylation sites (tertiary alicyclic amines) is 1. The highest BCUT2D eigenvalue weighted by Crippen LogP contribution is 2.38. The Morgan fingerprint density at radius 1 is 1.13 bits per heavy atom. The molecule has 1 N–H and O–H groups in total. The number of aliphatic hydroxyl groups excluding tert-OH is 1. The van der Waals surface area contributed by atoms with Crippen LogP contribution in [-0.2, 0) is 11.2 Å². The third-order valence-electron chi connectivity index (χ3n) is 6.23. The van der Waals surface area contributed by atoms with Crippen molar-refractivity contribution >= 4 is 5.91 Å². The largest absolute Gasteiger partial charge is 0.486 e. The van der Waals surface area contributed by atoms with Gasteiger partial charge in [0, 0.05) is 18.8 Å². The van der Waals surface area contributed by atoms with E-state index in [4.69, 9.17) is 4.74 Å². The Hall–Kier alpha value is -2.54. The highest BCUT2D eigenvalue weighted by molar-refractivity contribution is 5.79. The molecule has 2 fully saturated rings. The van der Waals surface area contributed by atoms with Crippen LogP contribution in [0.3, 0.4) is 0 Å². The fourth-order valence-electron chi connectivity index (χ4n) is 4.62. The number of carbonyl (C=O) groups is 1. The van der Waals surface area contributed by atoms with Crippen molar-refractivity contribution < 1.29 is 23.4 Å². The number of pyridine rings is 1. The van der Waals surface area contributed by atoms with E-state index in [1.807, 2.05) is 26.0 Å². The second kappa shape index (κ2) is 8.30. The van der Waals surface area contributed by atoms with E-state index in [-0.39, 0.29) is 30.3 Å². The SMILES string of the molecule is Cc1ccc(O[C@@H]2C[C@@H]3CN(C(=O)Cc4ccc(F)c(F)c4)C[C@@H]3C[C@H]2O)c(C)n1. The van der Waals surface area contributed by atoms with Crippen LogP contribution in [0.15, 0.2) is 30.3 Å². The van der Waals surface area contributed by atoms with Crippen LogP contribution < -0.4 is 4.74 Å². The molecule has 1 saturated heterocycles. The fraction of sp³-hybridized carbons (Fsp3) is 0.478. The number of fused-ring (bicyclic) bond motifs is 1. The summed E-state index contributed by atoms with van der Waals surface area (Å²) in [6, 6.07) is 7.31. The van der Waals surface area contributed by atoms with Gasteiger partial charge < -0.3 is 14.7 Å². The van der Waals surface area contributed by atoms with Crippen molar-refractivity contribution in [3.8, 4) is 5.75 Å². The lowest BCUT2D eigenvalue weighted by Gasteiger charge is -2.35. The second-order valence-corrected chi connectivity index (χ2v) is 8.48. The van der Waals surface area contributed by atoms with Gasteiger partial charge in [0.2, 0.25) is 5.91 Å². The van der Waals surface area contributed by atoms with Crippen LogP contribution in [0.5, 0.6) is 5.75 Å². The van der Waals surface area contributed by atoms with Crippen LogP contribution in [0.1, 0.15) is 29.8 Å². The van der Waals surface area contributed by atoms with Gasteiger partial charge in [0.15, 0.2) is 11.6 Å². The van der Waals surface area contributed by atoms with Crippen molar-refractivity contribution in [1.82, 2.24) is 9.88 Å². The molecule has 4 rings (SSSR count). The van der Waals surface area contributed by atoms with Crippen LogP contribution in [-0.4, -0.2) is 46.2 Å². The zero-order valence-electron chi connectivity index (χ0n) is 17.1. The number of hydrogen-bond donors (Lipinski definition) is 1. The average Bonchev–Trinajstić information content (AvgIpc) is 3.10. The summed E-state index contributed by atoms with van der Waals surface area (Å²) in [6.45, 7) is 4.96. The summed E-state index contributed by atoms with van der Waals surface area (Å²) in [5.74, 6) is -0.845. The predicted octanol–water partition coefficient (Wildman–Crippen LogP) is 3.20. The Labute approximate surface area is 174 Å². The molecule has 0 bridgehead atoms. The quantitative estimate of drug-likeness (QED) is 0.832. The molecule has 30 heavy (non-hydrogen) atoms. The van der Waals surface area contributed by atoms with E-state index in [9.17, 15) is 18.7 Å². The van der Waals surface area contributed by atoms with Crippen LogP contribution in [0.25, 0.3) is 0 Å². The van der Waals surface area contributed by atoms with Crippen molar-refractivity contribution in [3.63, 3.8) is 0 Å². The van der Waals surface area contributed by atoms with E-state index in [2.05, 4.69) is 4.98 Å². The zero-order chi connectivity index (χ0) is 21.4. The maximum atomic E-state index is 13.4. The lowest BCUT2D eigenvalue weighted by Crippen LogP contribution is -2.42. The van der Waals surface area contributed by atoms with Crippen molar-refractivity contribution in [2.24, 2.45) is 11.8 Å². The number of nitrogens with zero attached hydrogens (tertiary/aromatic N) is 2. The summed E-state index contributed by atoms with van der Waals surface area (Å²) in [4.78, 5) is 18.9. The zero-order valence-corrected chi connectivity index (χ0v) is 17.1. The second-order valence-electron chi connectivity index (χ2n) is 8.48. The van der Waals surface area contributed by atoms with Gasteiger partial charge in [-0.05, 0) is 68.4 Å². The van der Waals surface area contributed by atoms with Crippen LogP contribution in [0.2, 0.25) is 0 Å². The molecule has 5 nitrogen and oxygen atoms in total. The molecule has 2 heterocycles. The monoisotopic (exact) mass is 416 g/mol. The van der Waals surface area contributed by atoms with Crippen LogP contribution >= 0.6 is 0 Å². The van der Waals surface area contributed by atoms with Crippen molar-refractivity contribution in [2.75, 3.05) is 13.1 Å². The van der Waals surface area contributed by atoms with Gasteiger partial charge in [-0.3, -0.25) is 9.78 Å². The fourth-order valence-corrected chi connectivity index (χ4v) is 4.62. The van der Waals surface area contributed by atoms with E-state index in [1.165, 1.54) is 6.07 Å². The first-order chi connectivity index (χ1) is 14.3. The number of halogens is 2. The number of aliphatic hydroxyl groups is 1. The van der Waals surface area contributed by atoms with Gasteiger partial charge >= 0.3 is 0 Å². The van der Waals surface area contributed by atoms with Crippen LogP contribution in [0, 0.1) is 37.3 Å². The molecule has 1 amide bonds. The number of ether oxygens (including phenoxy) is 1. The standard InChI is InChI=1S/C23H26F2N2O3/c1-13-3-6-21(14(2)26-13)30-22-10-17-12-27(11-16(17)9-20(22)28)23(29)8-15-4-5-18(24)19(25)7-15/h3-7,16-17,20,22,28H,8-12H2,1-2H3/t16-,17+,20+,22+/m0/s1. The highest BCUT2D eigenvalue weighted by atomic mass is 19.2. The maximum Gasteiger partial charge on any atom is 0.227 e. The molecule has 7 heteroatoms. The molecular formula is C23H26F2N2O3. The first kappa shape index (κ1) is 20.7. The molecule has 1 aromatic heterocycles. The minimum atomic E-state index is -0.945. The first-order valence-electron chi connectivity index (χ1n) is 10.3. The van der Waals surface area contributed by atoms with Gasteiger partial charge in [0.25, 0.3) is 0 Å². The van der Waals surface area contributed by atoms with Crippen molar-refractivity contribution in [1.29, 1.82) is 0 Å². The molecule has 0 spiro atoms. The summed E-state index contributed by atoms with van der Waals surface area (Å²) >= 11 is 0. The average molecular weight is 416 g/mol. The van der Waals surface area contributed by atoms with Crippen LogP contribution in [0.4, 0.5) is 8.78 Å². The molecule has 4 atom stereocenters. The molecular weight excluding hydrogens is 390 g/mol. The summed E-state index contributed by atoms with van der Waals surface area (Å²) in [5, 5.41) is 10.6. The maximum absolute atomic E-state index is 13.4. The third-order valence-corrected chi connectivity index (χ3v) is 6.23. The lowest BCUT2D eigenvalue weighted by molar-refractivity contribution is -0.129. The predicted molar refractivity (Wildman–Crippen MR) is 107 cm³/mol. The smallest absolute Gasteiger partial charge is 0.227 e. The Morgan fingerprint density at radius 3 is 2.57 bits per heavy atom. The molecule has 1 aliphatic carbocycles. The summed E-state index contributed by atoms with van der Waals surface area (Å²) in [7, 11) is 0. The number of aromatic nitrogens is 1. The lowest BCUT2D eigenvalue weighted by atomic mass is 9.78. The number of hydrogen-bond acceptors (Lipinski definition) is 4. The molecule has 1 aromatic carbocycles. The summed E-state index contributed by atoms with van der Waals surface area (Å²) in [6.07, 6.45) is 0.327. The normalized spacial score (nSPS) is 25.8. The molecule has 1 aliphatic heterocycles. The Balaban J connectivity index is 1.38. The highest BCUT2D eigenvalue weighted by Gasteiger charge is 2.43. The van der Waals surface area contributed by atoms with Gasteiger partial charge in [0.1, 0.15) is 11.9 Å². The minimum absolute atomic E-state index is 0.0351. The molecule has 2 aromatic rings. The first-order valence-corrected chi connectivity index (χ1v) is 10.3. The van der Waals surface area contributed by atoms with Gasteiger partial charge in [-0.1, -0.05) is 6.07 Å². The third kappa shape index (κ3) is 4.31. The summed E-state index contributed by atoms with van der Waals surface area (Å²) < 4.78 is 32.6. The Morgan fingerprint density at radius 2 is 1.87 bits per heavy atom. The van der Waals surface area contributed by atoms with Crippen molar-refractivity contribution in [2.45, 2.75) is 45.3 Å². The van der Waals surface area contributed by atoms with Crippen molar-refractivity contribution in [3.05, 3.63) is 58.9 Å². The molecule has 160 valence electrons. The van der Waals surface area contributed by atoms with E-state index in [0.717, 1.165) is 23.5 Å². The summed E-state index contributed by atoms with van der Waals surface area (Å²) in [5.41, 5.74) is 2.16. The number of carbonyl (C=O) groups excluding carboxylic acids is 1. The number of benzene rings is 1. The molecule has 1 saturated carbocycles. The van der Waals surface area contributed by atoms with Gasteiger partial charge in [-0.2, -0.15) is 0 Å². The Bertz CT molecular complexity index is 952. The van der Waals surface area contributed by atoms with Gasteiger partial charge in [-0.25, -0.2) is 8.78 Å². The van der Waals surface area contributed by atoms with E-state index >= 15 is 0 Å². The van der Waals surface area contributed by atoms with E-state index in [0.29, 0.717) is 37.2 Å². The molecule has 0 radical (unpaired) electrons. The minimum Gasteiger partial charge on any atom is -0.486 e. The Kier molecular flexibility index (Phi) is 5.73. The van der Waals surface area contributed by atoms with E-state index in [1.54, 1.807) is 4.90 Å². The number of amides is 1. The van der Waals surface area contributed by atoms with E-state index < -0.39 is 17.7 Å². The molecule has 0 unspecified atom stereocenters. The number of aryl methyl sites for hydroxylation is 2. The van der Waals surface area contributed by atoms with Gasteiger partial charge in [-0.15, -0.1) is 0 Å². The molecule has 2 aliphatic rings.